The van der Waals surface area contributed by atoms with Crippen LogP contribution in [0.3, 0.4) is 0 Å². The van der Waals surface area contributed by atoms with Crippen molar-refractivity contribution in [3.8, 4) is 5.75 Å². The van der Waals surface area contributed by atoms with Crippen LogP contribution in [0.5, 0.6) is 5.75 Å². The molecule has 0 spiro atoms. The van der Waals surface area contributed by atoms with E-state index in [-0.39, 0.29) is 0 Å². The standard InChI is InChI=1S/C16H17N3OS/c1-17-16-19-18-15(21-16)10-5-11-20-14-9-4-7-12-6-2-3-8-13(12)14/h2-4,6-9H,5,10-11H2,1H3,(H,17,19). The number of nitrogens with zero attached hydrogens (tertiary/aromatic N) is 2. The molecule has 0 bridgehead atoms. The summed E-state index contributed by atoms with van der Waals surface area (Å²) in [4.78, 5) is 0. The van der Waals surface area contributed by atoms with Crippen LogP contribution in [0.25, 0.3) is 10.8 Å². The van der Waals surface area contributed by atoms with E-state index >= 15 is 0 Å². The molecule has 0 amide bonds. The van der Waals surface area contributed by atoms with Crippen molar-refractivity contribution in [3.63, 3.8) is 0 Å². The largest absolute Gasteiger partial charge is 0.493 e. The summed E-state index contributed by atoms with van der Waals surface area (Å²) in [6.45, 7) is 0.683. The zero-order valence-corrected chi connectivity index (χ0v) is 12.7. The van der Waals surface area contributed by atoms with Crippen LogP contribution in [0, 0.1) is 0 Å². The van der Waals surface area contributed by atoms with Gasteiger partial charge in [0.2, 0.25) is 5.13 Å². The van der Waals surface area contributed by atoms with Crippen molar-refractivity contribution < 1.29 is 4.74 Å². The van der Waals surface area contributed by atoms with Gasteiger partial charge in [0.05, 0.1) is 6.61 Å². The molecule has 0 radical (unpaired) electrons. The van der Waals surface area contributed by atoms with Crippen molar-refractivity contribution in [2.75, 3.05) is 19.0 Å². The molecule has 0 saturated carbocycles. The molecular weight excluding hydrogens is 282 g/mol. The van der Waals surface area contributed by atoms with Crippen molar-refractivity contribution in [2.24, 2.45) is 0 Å². The number of fused-ring (bicyclic) bond motifs is 1. The van der Waals surface area contributed by atoms with Crippen LogP contribution in [0.1, 0.15) is 11.4 Å². The predicted octanol–water partition coefficient (Wildman–Crippen LogP) is 3.74. The molecule has 0 aliphatic carbocycles. The summed E-state index contributed by atoms with van der Waals surface area (Å²) < 4.78 is 5.91. The third-order valence-electron chi connectivity index (χ3n) is 3.22. The van der Waals surface area contributed by atoms with Gasteiger partial charge in [-0.15, -0.1) is 10.2 Å². The highest BCUT2D eigenvalue weighted by atomic mass is 32.1. The maximum absolute atomic E-state index is 5.91. The molecule has 1 N–H and O–H groups in total. The molecule has 0 fully saturated rings. The van der Waals surface area contributed by atoms with Gasteiger partial charge in [-0.3, -0.25) is 0 Å². The van der Waals surface area contributed by atoms with E-state index < -0.39 is 0 Å². The fourth-order valence-electron chi connectivity index (χ4n) is 2.18. The minimum absolute atomic E-state index is 0.683. The molecule has 108 valence electrons. The fourth-order valence-corrected chi connectivity index (χ4v) is 2.92. The lowest BCUT2D eigenvalue weighted by molar-refractivity contribution is 0.314. The SMILES string of the molecule is CNc1nnc(CCCOc2cccc3ccccc23)s1. The van der Waals surface area contributed by atoms with Crippen LogP contribution in [0.4, 0.5) is 5.13 Å². The van der Waals surface area contributed by atoms with Gasteiger partial charge in [-0.2, -0.15) is 0 Å². The van der Waals surface area contributed by atoms with E-state index in [1.165, 1.54) is 5.39 Å². The lowest BCUT2D eigenvalue weighted by Gasteiger charge is -2.08. The molecule has 3 aromatic rings. The van der Waals surface area contributed by atoms with Gasteiger partial charge < -0.3 is 10.1 Å². The van der Waals surface area contributed by atoms with E-state index in [2.05, 4.69) is 33.7 Å². The van der Waals surface area contributed by atoms with Crippen LogP contribution in [-0.4, -0.2) is 23.9 Å². The average molecular weight is 299 g/mol. The highest BCUT2D eigenvalue weighted by molar-refractivity contribution is 7.15. The van der Waals surface area contributed by atoms with Gasteiger partial charge in [0.25, 0.3) is 0 Å². The summed E-state index contributed by atoms with van der Waals surface area (Å²) in [5, 5.41) is 15.4. The summed E-state index contributed by atoms with van der Waals surface area (Å²) in [5.74, 6) is 0.946. The van der Waals surface area contributed by atoms with Crippen LogP contribution < -0.4 is 10.1 Å². The summed E-state index contributed by atoms with van der Waals surface area (Å²) in [6, 6.07) is 14.4. The summed E-state index contributed by atoms with van der Waals surface area (Å²) >= 11 is 1.59. The summed E-state index contributed by atoms with van der Waals surface area (Å²) in [6.07, 6.45) is 1.83. The zero-order valence-electron chi connectivity index (χ0n) is 11.9. The number of aryl methyl sites for hydroxylation is 1. The number of aromatic nitrogens is 2. The van der Waals surface area contributed by atoms with Crippen molar-refractivity contribution in [3.05, 3.63) is 47.5 Å². The normalized spacial score (nSPS) is 10.7. The van der Waals surface area contributed by atoms with Crippen molar-refractivity contribution in [2.45, 2.75) is 12.8 Å². The molecule has 3 rings (SSSR count). The molecule has 0 aliphatic rings. The Kier molecular flexibility index (Phi) is 4.31. The average Bonchev–Trinajstić information content (AvgIpc) is 3.00. The Bertz CT molecular complexity index is 721. The first-order chi connectivity index (χ1) is 10.4. The van der Waals surface area contributed by atoms with Crippen molar-refractivity contribution in [1.29, 1.82) is 0 Å². The van der Waals surface area contributed by atoms with E-state index in [1.54, 1.807) is 11.3 Å². The Morgan fingerprint density at radius 2 is 1.95 bits per heavy atom. The van der Waals surface area contributed by atoms with Gasteiger partial charge in [-0.05, 0) is 17.9 Å². The topological polar surface area (TPSA) is 47.0 Å². The lowest BCUT2D eigenvalue weighted by atomic mass is 10.1. The van der Waals surface area contributed by atoms with Gasteiger partial charge in [0.1, 0.15) is 10.8 Å². The molecule has 1 aromatic heterocycles. The fraction of sp³-hybridized carbons (Fsp3) is 0.250. The molecule has 1 heterocycles. The zero-order chi connectivity index (χ0) is 14.5. The first kappa shape index (κ1) is 13.8. The number of anilines is 1. The molecular formula is C16H17N3OS. The maximum Gasteiger partial charge on any atom is 0.205 e. The van der Waals surface area contributed by atoms with Gasteiger partial charge in [0, 0.05) is 18.9 Å². The number of rotatable bonds is 6. The van der Waals surface area contributed by atoms with Crippen LogP contribution >= 0.6 is 11.3 Å². The Labute approximate surface area is 127 Å². The number of hydrogen-bond acceptors (Lipinski definition) is 5. The molecule has 2 aromatic carbocycles. The Balaban J connectivity index is 1.57. The first-order valence-corrected chi connectivity index (χ1v) is 7.79. The first-order valence-electron chi connectivity index (χ1n) is 6.97. The van der Waals surface area contributed by atoms with Gasteiger partial charge in [-0.25, -0.2) is 0 Å². The van der Waals surface area contributed by atoms with Crippen molar-refractivity contribution >= 4 is 27.2 Å². The Morgan fingerprint density at radius 1 is 1.10 bits per heavy atom. The van der Waals surface area contributed by atoms with E-state index in [9.17, 15) is 0 Å². The van der Waals surface area contributed by atoms with Gasteiger partial charge in [-0.1, -0.05) is 47.7 Å². The summed E-state index contributed by atoms with van der Waals surface area (Å²) in [5.41, 5.74) is 0. The molecule has 0 saturated heterocycles. The van der Waals surface area contributed by atoms with Gasteiger partial charge >= 0.3 is 0 Å². The third kappa shape index (κ3) is 3.31. The molecule has 21 heavy (non-hydrogen) atoms. The molecule has 0 unspecified atom stereocenters. The second-order valence-corrected chi connectivity index (χ2v) is 5.74. The number of benzene rings is 2. The number of ether oxygens (including phenoxy) is 1. The molecule has 5 heteroatoms. The summed E-state index contributed by atoms with van der Waals surface area (Å²) in [7, 11) is 1.86. The second kappa shape index (κ2) is 6.54. The van der Waals surface area contributed by atoms with E-state index in [0.29, 0.717) is 6.61 Å². The molecule has 4 nitrogen and oxygen atoms in total. The minimum atomic E-state index is 0.683. The second-order valence-electron chi connectivity index (χ2n) is 4.68. The molecule has 0 aliphatic heterocycles. The smallest absolute Gasteiger partial charge is 0.205 e. The monoisotopic (exact) mass is 299 g/mol. The van der Waals surface area contributed by atoms with Crippen LogP contribution in [0.15, 0.2) is 42.5 Å². The highest BCUT2D eigenvalue weighted by Gasteiger charge is 2.04. The van der Waals surface area contributed by atoms with Crippen LogP contribution in [-0.2, 0) is 6.42 Å². The lowest BCUT2D eigenvalue weighted by Crippen LogP contribution is -1.99. The third-order valence-corrected chi connectivity index (χ3v) is 4.22. The van der Waals surface area contributed by atoms with Crippen molar-refractivity contribution in [1.82, 2.24) is 10.2 Å². The number of nitrogens with one attached hydrogen (secondary N) is 1. The Hall–Kier alpha value is -2.14. The minimum Gasteiger partial charge on any atom is -0.493 e. The van der Waals surface area contributed by atoms with E-state index in [0.717, 1.165) is 34.1 Å². The number of hydrogen-bond donors (Lipinski definition) is 1. The Morgan fingerprint density at radius 3 is 2.81 bits per heavy atom. The van der Waals surface area contributed by atoms with E-state index in [1.807, 2.05) is 31.3 Å². The molecule has 0 atom stereocenters. The van der Waals surface area contributed by atoms with Crippen LogP contribution in [0.2, 0.25) is 0 Å². The maximum atomic E-state index is 5.91. The highest BCUT2D eigenvalue weighted by Crippen LogP contribution is 2.25. The van der Waals surface area contributed by atoms with E-state index in [4.69, 9.17) is 4.74 Å². The predicted molar refractivity (Wildman–Crippen MR) is 87.2 cm³/mol. The van der Waals surface area contributed by atoms with Gasteiger partial charge in [0.15, 0.2) is 0 Å². The quantitative estimate of drug-likeness (QED) is 0.704.